The van der Waals surface area contributed by atoms with Gasteiger partial charge < -0.3 is 9.73 Å². The molecule has 33 heavy (non-hydrogen) atoms. The van der Waals surface area contributed by atoms with Crippen molar-refractivity contribution in [3.05, 3.63) is 100 Å². The van der Waals surface area contributed by atoms with E-state index < -0.39 is 17.0 Å². The SMILES string of the molecule is Cc1ccc(CC2S/C(=C(/C#N)C(=O)NCc3ccco3)N(c3ccc(F)cc3)C2=O)cc1. The predicted molar refractivity (Wildman–Crippen MR) is 123 cm³/mol. The summed E-state index contributed by atoms with van der Waals surface area (Å²) in [5.41, 5.74) is 2.28. The van der Waals surface area contributed by atoms with E-state index in [0.29, 0.717) is 17.9 Å². The smallest absolute Gasteiger partial charge is 0.265 e. The van der Waals surface area contributed by atoms with Crippen LogP contribution in [-0.4, -0.2) is 17.1 Å². The number of anilines is 1. The summed E-state index contributed by atoms with van der Waals surface area (Å²) in [5.74, 6) is -0.800. The summed E-state index contributed by atoms with van der Waals surface area (Å²) >= 11 is 1.16. The Morgan fingerprint density at radius 2 is 1.91 bits per heavy atom. The van der Waals surface area contributed by atoms with Crippen LogP contribution in [0.25, 0.3) is 0 Å². The molecule has 0 aliphatic carbocycles. The van der Waals surface area contributed by atoms with Gasteiger partial charge in [0.25, 0.3) is 5.91 Å². The van der Waals surface area contributed by atoms with Gasteiger partial charge >= 0.3 is 0 Å². The van der Waals surface area contributed by atoms with Crippen molar-refractivity contribution in [1.29, 1.82) is 5.26 Å². The van der Waals surface area contributed by atoms with Gasteiger partial charge in [-0.1, -0.05) is 41.6 Å². The van der Waals surface area contributed by atoms with Crippen LogP contribution in [-0.2, 0) is 22.6 Å². The largest absolute Gasteiger partial charge is 0.467 e. The molecule has 0 radical (unpaired) electrons. The number of nitriles is 1. The molecule has 1 unspecified atom stereocenters. The summed E-state index contributed by atoms with van der Waals surface area (Å²) < 4.78 is 18.7. The zero-order chi connectivity index (χ0) is 23.4. The van der Waals surface area contributed by atoms with Crippen molar-refractivity contribution in [3.63, 3.8) is 0 Å². The van der Waals surface area contributed by atoms with E-state index in [1.165, 1.54) is 35.4 Å². The number of carbonyl (C=O) groups excluding carboxylic acids is 2. The fourth-order valence-electron chi connectivity index (χ4n) is 3.42. The van der Waals surface area contributed by atoms with Crippen LogP contribution in [0.1, 0.15) is 16.9 Å². The lowest BCUT2D eigenvalue weighted by Gasteiger charge is -2.18. The Bertz CT molecular complexity index is 1230. The predicted octanol–water partition coefficient (Wildman–Crippen LogP) is 4.47. The molecule has 4 rings (SSSR count). The number of furan rings is 1. The molecule has 1 fully saturated rings. The van der Waals surface area contributed by atoms with Gasteiger partial charge in [0.15, 0.2) is 0 Å². The van der Waals surface area contributed by atoms with Crippen LogP contribution in [0, 0.1) is 24.1 Å². The summed E-state index contributed by atoms with van der Waals surface area (Å²) in [4.78, 5) is 27.6. The van der Waals surface area contributed by atoms with E-state index in [1.807, 2.05) is 37.3 Å². The number of thioether (sulfide) groups is 1. The number of amides is 2. The number of nitrogens with one attached hydrogen (secondary N) is 1. The second kappa shape index (κ2) is 9.76. The molecule has 1 aromatic heterocycles. The van der Waals surface area contributed by atoms with E-state index >= 15 is 0 Å². The van der Waals surface area contributed by atoms with Crippen LogP contribution in [0.5, 0.6) is 0 Å². The Labute approximate surface area is 194 Å². The molecule has 0 spiro atoms. The molecule has 0 saturated carbocycles. The fraction of sp³-hybridized carbons (Fsp3) is 0.160. The molecular weight excluding hydrogens is 441 g/mol. The number of hydrogen-bond acceptors (Lipinski definition) is 5. The Morgan fingerprint density at radius 3 is 2.55 bits per heavy atom. The van der Waals surface area contributed by atoms with Crippen molar-refractivity contribution in [2.24, 2.45) is 0 Å². The van der Waals surface area contributed by atoms with Crippen molar-refractivity contribution in [2.45, 2.75) is 25.1 Å². The third-order valence-electron chi connectivity index (χ3n) is 5.14. The Balaban J connectivity index is 1.67. The van der Waals surface area contributed by atoms with Gasteiger partial charge in [0.1, 0.15) is 28.2 Å². The normalized spacial score (nSPS) is 17.1. The zero-order valence-corrected chi connectivity index (χ0v) is 18.6. The average molecular weight is 462 g/mol. The second-order valence-corrected chi connectivity index (χ2v) is 8.69. The van der Waals surface area contributed by atoms with Gasteiger partial charge in [0.2, 0.25) is 5.91 Å². The number of hydrogen-bond donors (Lipinski definition) is 1. The van der Waals surface area contributed by atoms with E-state index in [1.54, 1.807) is 12.1 Å². The molecule has 2 amide bonds. The molecule has 6 nitrogen and oxygen atoms in total. The molecule has 2 aromatic carbocycles. The monoisotopic (exact) mass is 461 g/mol. The number of rotatable bonds is 6. The molecule has 1 aliphatic rings. The van der Waals surface area contributed by atoms with Gasteiger partial charge in [-0.3, -0.25) is 14.5 Å². The number of benzene rings is 2. The Morgan fingerprint density at radius 1 is 1.18 bits per heavy atom. The van der Waals surface area contributed by atoms with Gasteiger partial charge in [-0.05, 0) is 55.3 Å². The third kappa shape index (κ3) is 4.99. The van der Waals surface area contributed by atoms with Crippen LogP contribution in [0.3, 0.4) is 0 Å². The van der Waals surface area contributed by atoms with E-state index in [9.17, 15) is 19.2 Å². The number of carbonyl (C=O) groups is 2. The molecular formula is C25H20FN3O3S. The minimum Gasteiger partial charge on any atom is -0.467 e. The molecule has 1 atom stereocenters. The number of nitrogens with zero attached hydrogens (tertiary/aromatic N) is 2. The topological polar surface area (TPSA) is 86.3 Å². The quantitative estimate of drug-likeness (QED) is 0.432. The zero-order valence-electron chi connectivity index (χ0n) is 17.7. The first kappa shape index (κ1) is 22.4. The van der Waals surface area contributed by atoms with E-state index in [-0.39, 0.29) is 23.1 Å². The van der Waals surface area contributed by atoms with E-state index in [4.69, 9.17) is 4.42 Å². The lowest BCUT2D eigenvalue weighted by Crippen LogP contribution is -2.32. The highest BCUT2D eigenvalue weighted by Gasteiger charge is 2.40. The summed E-state index contributed by atoms with van der Waals surface area (Å²) in [6, 6.07) is 18.6. The van der Waals surface area contributed by atoms with Crippen LogP contribution >= 0.6 is 11.8 Å². The van der Waals surface area contributed by atoms with Crippen LogP contribution in [0.4, 0.5) is 10.1 Å². The summed E-state index contributed by atoms with van der Waals surface area (Å²) in [5, 5.41) is 12.2. The molecule has 0 bridgehead atoms. The lowest BCUT2D eigenvalue weighted by molar-refractivity contribution is -0.117. The summed E-state index contributed by atoms with van der Waals surface area (Å²) in [7, 11) is 0. The first-order valence-electron chi connectivity index (χ1n) is 10.2. The summed E-state index contributed by atoms with van der Waals surface area (Å²) in [6.45, 7) is 2.09. The molecule has 2 heterocycles. The van der Waals surface area contributed by atoms with Crippen LogP contribution in [0.2, 0.25) is 0 Å². The maximum Gasteiger partial charge on any atom is 0.265 e. The van der Waals surface area contributed by atoms with Crippen molar-refractivity contribution >= 4 is 29.3 Å². The summed E-state index contributed by atoms with van der Waals surface area (Å²) in [6.07, 6.45) is 1.92. The minimum atomic E-state index is -0.618. The lowest BCUT2D eigenvalue weighted by atomic mass is 10.1. The van der Waals surface area contributed by atoms with Gasteiger partial charge in [-0.2, -0.15) is 5.26 Å². The molecule has 166 valence electrons. The fourth-order valence-corrected chi connectivity index (χ4v) is 4.73. The first-order chi connectivity index (χ1) is 16.0. The van der Waals surface area contributed by atoms with Crippen LogP contribution in [0.15, 0.2) is 81.9 Å². The highest BCUT2D eigenvalue weighted by atomic mass is 32.2. The molecule has 1 N–H and O–H groups in total. The van der Waals surface area contributed by atoms with Gasteiger partial charge in [0, 0.05) is 5.69 Å². The molecule has 1 saturated heterocycles. The number of aryl methyl sites for hydroxylation is 1. The minimum absolute atomic E-state index is 0.103. The van der Waals surface area contributed by atoms with Crippen LogP contribution < -0.4 is 10.2 Å². The van der Waals surface area contributed by atoms with Gasteiger partial charge in [0.05, 0.1) is 18.1 Å². The molecule has 3 aromatic rings. The maximum absolute atomic E-state index is 13.5. The second-order valence-electron chi connectivity index (χ2n) is 7.50. The van der Waals surface area contributed by atoms with E-state index in [0.717, 1.165) is 22.9 Å². The van der Waals surface area contributed by atoms with Crippen molar-refractivity contribution < 1.29 is 18.4 Å². The Hall–Kier alpha value is -3.83. The van der Waals surface area contributed by atoms with Crippen molar-refractivity contribution in [1.82, 2.24) is 5.32 Å². The van der Waals surface area contributed by atoms with Crippen molar-refractivity contribution in [2.75, 3.05) is 4.90 Å². The highest BCUT2D eigenvalue weighted by molar-refractivity contribution is 8.05. The first-order valence-corrected chi connectivity index (χ1v) is 11.1. The van der Waals surface area contributed by atoms with E-state index in [2.05, 4.69) is 5.32 Å². The standard InChI is InChI=1S/C25H20FN3O3S/c1-16-4-6-17(7-5-16)13-22-24(31)29(19-10-8-18(26)9-11-19)25(33-22)21(14-27)23(30)28-15-20-3-2-12-32-20/h2-12,22H,13,15H2,1H3,(H,28,30)/b25-21-. The Kier molecular flexibility index (Phi) is 6.61. The van der Waals surface area contributed by atoms with Gasteiger partial charge in [-0.15, -0.1) is 0 Å². The van der Waals surface area contributed by atoms with Gasteiger partial charge in [-0.25, -0.2) is 4.39 Å². The average Bonchev–Trinajstić information content (AvgIpc) is 3.44. The molecule has 8 heteroatoms. The maximum atomic E-state index is 13.5. The highest BCUT2D eigenvalue weighted by Crippen LogP contribution is 2.42. The van der Waals surface area contributed by atoms with Crippen molar-refractivity contribution in [3.8, 4) is 6.07 Å². The molecule has 1 aliphatic heterocycles. The third-order valence-corrected chi connectivity index (χ3v) is 6.40. The number of halogens is 1.